The van der Waals surface area contributed by atoms with Crippen LogP contribution in [-0.4, -0.2) is 15.3 Å². The fraction of sp³-hybridized carbons (Fsp3) is 0. The van der Waals surface area contributed by atoms with E-state index in [0.717, 1.165) is 0 Å². The summed E-state index contributed by atoms with van der Waals surface area (Å²) < 4.78 is 16.9. The molecule has 0 saturated carbocycles. The van der Waals surface area contributed by atoms with Gasteiger partial charge in [-0.3, -0.25) is 0 Å². The molecule has 1 radical (unpaired) electrons. The predicted octanol–water partition coefficient (Wildman–Crippen LogP) is -0.456. The minimum Gasteiger partial charge on any atom is -0.412 e. The second-order valence-corrected chi connectivity index (χ2v) is 0.490. The maximum atomic E-state index is 8.46. The summed E-state index contributed by atoms with van der Waals surface area (Å²) in [5, 5.41) is 0. The van der Waals surface area contributed by atoms with E-state index in [1.54, 1.807) is 0 Å². The zero-order valence-corrected chi connectivity index (χ0v) is 6.14. The van der Waals surface area contributed by atoms with E-state index in [4.69, 9.17) is 18.9 Å². The van der Waals surface area contributed by atoms with Gasteiger partial charge in [-0.15, -0.1) is 0 Å². The molecule has 0 heterocycles. The van der Waals surface area contributed by atoms with Crippen LogP contribution < -0.4 is 0 Å². The SMILES string of the molecule is O.O=PO.O=PO.[Cu+2]. The molecule has 8 heteroatoms. The molecular weight excluding hydrogens is 205 g/mol. The van der Waals surface area contributed by atoms with Crippen LogP contribution in [0.25, 0.3) is 0 Å². The van der Waals surface area contributed by atoms with Gasteiger partial charge >= 0.3 is 34.4 Å². The van der Waals surface area contributed by atoms with Gasteiger partial charge in [0.25, 0.3) is 0 Å². The summed E-state index contributed by atoms with van der Waals surface area (Å²) in [5.41, 5.74) is 0. The van der Waals surface area contributed by atoms with Crippen LogP contribution in [0.1, 0.15) is 0 Å². The summed E-state index contributed by atoms with van der Waals surface area (Å²) in [6.07, 6.45) is 0. The van der Waals surface area contributed by atoms with Crippen LogP contribution in [0.3, 0.4) is 0 Å². The molecule has 0 aliphatic rings. The van der Waals surface area contributed by atoms with E-state index in [2.05, 4.69) is 0 Å². The van der Waals surface area contributed by atoms with E-state index in [-0.39, 0.29) is 22.5 Å². The summed E-state index contributed by atoms with van der Waals surface area (Å²) in [4.78, 5) is 14.0. The van der Waals surface area contributed by atoms with Crippen molar-refractivity contribution in [3.05, 3.63) is 0 Å². The van der Waals surface area contributed by atoms with Crippen molar-refractivity contribution in [1.82, 2.24) is 0 Å². The first-order chi connectivity index (χ1) is 2.83. The molecule has 0 aliphatic carbocycles. The Morgan fingerprint density at radius 3 is 1.00 bits per heavy atom. The maximum absolute atomic E-state index is 8.46. The van der Waals surface area contributed by atoms with Crippen LogP contribution in [0, 0.1) is 0 Å². The van der Waals surface area contributed by atoms with Crippen LogP contribution in [-0.2, 0) is 26.2 Å². The number of hydrogen-bond acceptors (Lipinski definition) is 2. The zero-order chi connectivity index (χ0) is 5.41. The van der Waals surface area contributed by atoms with E-state index in [9.17, 15) is 0 Å². The van der Waals surface area contributed by atoms with Gasteiger partial charge in [-0.2, -0.15) is 0 Å². The van der Waals surface area contributed by atoms with Crippen molar-refractivity contribution >= 4 is 17.4 Å². The van der Waals surface area contributed by atoms with Crippen molar-refractivity contribution in [2.24, 2.45) is 0 Å². The molecule has 0 unspecified atom stereocenters. The molecule has 8 heavy (non-hydrogen) atoms. The Morgan fingerprint density at radius 2 is 1.00 bits per heavy atom. The Kier molecular flexibility index (Phi) is 144. The Morgan fingerprint density at radius 1 is 1.00 bits per heavy atom. The zero-order valence-electron chi connectivity index (χ0n) is 3.41. The Labute approximate surface area is 59.5 Å². The van der Waals surface area contributed by atoms with Crippen molar-refractivity contribution in [2.45, 2.75) is 0 Å². The van der Waals surface area contributed by atoms with E-state index < -0.39 is 17.4 Å². The normalized spacial score (nSPS) is 5.25. The van der Waals surface area contributed by atoms with Gasteiger partial charge in [0.15, 0.2) is 0 Å². The molecule has 53 valence electrons. The van der Waals surface area contributed by atoms with Crippen molar-refractivity contribution in [3.63, 3.8) is 0 Å². The van der Waals surface area contributed by atoms with E-state index >= 15 is 0 Å². The van der Waals surface area contributed by atoms with Crippen molar-refractivity contribution in [2.75, 3.05) is 0 Å². The third-order valence-corrected chi connectivity index (χ3v) is 0. The molecule has 0 aromatic rings. The average Bonchev–Trinajstić information content (AvgIpc) is 1.39. The molecule has 0 fully saturated rings. The minimum atomic E-state index is -0.833. The molecule has 0 aliphatic heterocycles. The van der Waals surface area contributed by atoms with Gasteiger partial charge < -0.3 is 15.3 Å². The summed E-state index contributed by atoms with van der Waals surface area (Å²) in [5.74, 6) is 0. The molecule has 0 aromatic carbocycles. The molecule has 0 rings (SSSR count). The second kappa shape index (κ2) is 49.0. The third-order valence-electron chi connectivity index (χ3n) is 0. The maximum Gasteiger partial charge on any atom is 2.00 e. The molecular formula is H4CuO5P2+2. The van der Waals surface area contributed by atoms with Crippen LogP contribution >= 0.6 is 17.4 Å². The van der Waals surface area contributed by atoms with Gasteiger partial charge in [-0.1, -0.05) is 0 Å². The fourth-order valence-corrected chi connectivity index (χ4v) is 0. The Bertz CT molecular complexity index is 31.4. The first-order valence-electron chi connectivity index (χ1n) is 0.765. The van der Waals surface area contributed by atoms with Crippen LogP contribution in [0.5, 0.6) is 0 Å². The molecule has 0 saturated heterocycles. The van der Waals surface area contributed by atoms with Gasteiger partial charge in [0, 0.05) is 0 Å². The van der Waals surface area contributed by atoms with Crippen LogP contribution in [0.4, 0.5) is 0 Å². The molecule has 5 nitrogen and oxygen atoms in total. The predicted molar refractivity (Wildman–Crippen MR) is 23.3 cm³/mol. The monoisotopic (exact) mass is 209 g/mol. The van der Waals surface area contributed by atoms with E-state index in [1.165, 1.54) is 0 Å². The molecule has 0 aromatic heterocycles. The van der Waals surface area contributed by atoms with Gasteiger partial charge in [0.05, 0.1) is 0 Å². The van der Waals surface area contributed by atoms with Crippen LogP contribution in [0.2, 0.25) is 0 Å². The standard InChI is InChI=1S/Cu.2HO2P.H2O/c;2*1-3-2;/h;2*(H,1,2);1H2/q+2;;;. The number of hydrogen-bond donors (Lipinski definition) is 2. The summed E-state index contributed by atoms with van der Waals surface area (Å²) in [7, 11) is -1.67. The first-order valence-corrected chi connectivity index (χ1v) is 2.30. The second-order valence-electron chi connectivity index (χ2n) is 0.163. The molecule has 0 spiro atoms. The molecule has 0 bridgehead atoms. The molecule has 0 amide bonds. The quantitative estimate of drug-likeness (QED) is 0.416. The van der Waals surface area contributed by atoms with Crippen molar-refractivity contribution in [1.29, 1.82) is 0 Å². The minimum absolute atomic E-state index is 0. The van der Waals surface area contributed by atoms with Gasteiger partial charge in [-0.25, -0.2) is 9.13 Å². The van der Waals surface area contributed by atoms with Crippen LogP contribution in [0.15, 0.2) is 0 Å². The molecule has 4 N–H and O–H groups in total. The Hall–Kier alpha value is 0.599. The smallest absolute Gasteiger partial charge is 0.412 e. The third kappa shape index (κ3) is 576. The molecule has 0 atom stereocenters. The van der Waals surface area contributed by atoms with E-state index in [0.29, 0.717) is 0 Å². The van der Waals surface area contributed by atoms with Gasteiger partial charge in [-0.05, 0) is 0 Å². The topological polar surface area (TPSA) is 106 Å². The van der Waals surface area contributed by atoms with Gasteiger partial charge in [0.1, 0.15) is 0 Å². The Balaban J connectivity index is -0.0000000160. The van der Waals surface area contributed by atoms with Crippen molar-refractivity contribution in [3.8, 4) is 0 Å². The number of rotatable bonds is 0. The van der Waals surface area contributed by atoms with E-state index in [1.807, 2.05) is 0 Å². The summed E-state index contributed by atoms with van der Waals surface area (Å²) >= 11 is 0. The summed E-state index contributed by atoms with van der Waals surface area (Å²) in [6, 6.07) is 0. The largest absolute Gasteiger partial charge is 2.00 e. The average molecular weight is 210 g/mol. The van der Waals surface area contributed by atoms with Gasteiger partial charge in [0.2, 0.25) is 0 Å². The summed E-state index contributed by atoms with van der Waals surface area (Å²) in [6.45, 7) is 0. The first kappa shape index (κ1) is 23.5. The fourth-order valence-electron chi connectivity index (χ4n) is 0. The van der Waals surface area contributed by atoms with Crippen molar-refractivity contribution < 1.29 is 41.5 Å².